The quantitative estimate of drug-likeness (QED) is 0.491. The fraction of sp³-hybridized carbons (Fsp3) is 0.250. The fourth-order valence-corrected chi connectivity index (χ4v) is 3.48. The molecule has 0 unspecified atom stereocenters. The topological polar surface area (TPSA) is 111 Å². The number of hydrogen-bond acceptors (Lipinski definition) is 7. The SMILES string of the molecule is CC(C)n1cnnc1-c1cccc(N2CCN(c3cc(-n4ccnc4)ncn3)C2=O)n1. The molecule has 0 bridgehead atoms. The van der Waals surface area contributed by atoms with Gasteiger partial charge in [0.05, 0.1) is 0 Å². The second kappa shape index (κ2) is 7.59. The van der Waals surface area contributed by atoms with Crippen LogP contribution >= 0.6 is 0 Å². The van der Waals surface area contributed by atoms with Crippen molar-refractivity contribution in [2.75, 3.05) is 22.9 Å². The Labute approximate surface area is 178 Å². The Kier molecular flexibility index (Phi) is 4.62. The molecule has 4 aromatic heterocycles. The summed E-state index contributed by atoms with van der Waals surface area (Å²) in [5, 5.41) is 8.21. The normalized spacial score (nSPS) is 14.1. The van der Waals surface area contributed by atoms with Crippen molar-refractivity contribution in [1.82, 2.24) is 39.3 Å². The van der Waals surface area contributed by atoms with Crippen molar-refractivity contribution in [2.24, 2.45) is 0 Å². The van der Waals surface area contributed by atoms with Crippen molar-refractivity contribution in [1.29, 1.82) is 0 Å². The predicted octanol–water partition coefficient (Wildman–Crippen LogP) is 2.34. The number of amides is 2. The molecule has 5 heterocycles. The summed E-state index contributed by atoms with van der Waals surface area (Å²) in [6, 6.07) is 7.32. The average Bonchev–Trinajstić information content (AvgIpc) is 3.54. The van der Waals surface area contributed by atoms with Crippen LogP contribution in [-0.4, -0.2) is 58.4 Å². The standard InChI is InChI=1S/C20H20N10O/c1-14(2)30-13-24-26-19(30)15-4-3-5-16(25-15)28-8-9-29(20(28)31)18-10-17(22-11-23-18)27-7-6-21-12-27/h3-7,10-14H,8-9H2,1-2H3. The van der Waals surface area contributed by atoms with Gasteiger partial charge in [-0.05, 0) is 26.0 Å². The number of nitrogens with zero attached hydrogens (tertiary/aromatic N) is 10. The molecule has 1 aliphatic heterocycles. The summed E-state index contributed by atoms with van der Waals surface area (Å²) in [4.78, 5) is 33.7. The van der Waals surface area contributed by atoms with Crippen LogP contribution in [0.2, 0.25) is 0 Å². The van der Waals surface area contributed by atoms with E-state index in [1.807, 2.05) is 22.8 Å². The molecular formula is C20H20N10O. The van der Waals surface area contributed by atoms with Crippen molar-refractivity contribution in [3.8, 4) is 17.3 Å². The van der Waals surface area contributed by atoms with Gasteiger partial charge in [0.2, 0.25) is 0 Å². The summed E-state index contributed by atoms with van der Waals surface area (Å²) in [6.07, 6.45) is 8.23. The summed E-state index contributed by atoms with van der Waals surface area (Å²) >= 11 is 0. The Balaban J connectivity index is 1.42. The van der Waals surface area contributed by atoms with Crippen LogP contribution in [0.1, 0.15) is 19.9 Å². The monoisotopic (exact) mass is 416 g/mol. The van der Waals surface area contributed by atoms with E-state index in [1.54, 1.807) is 45.5 Å². The molecule has 0 N–H and O–H groups in total. The van der Waals surface area contributed by atoms with Crippen molar-refractivity contribution in [3.05, 3.63) is 55.6 Å². The van der Waals surface area contributed by atoms with E-state index in [4.69, 9.17) is 0 Å². The van der Waals surface area contributed by atoms with Crippen molar-refractivity contribution >= 4 is 17.7 Å². The number of carbonyl (C=O) groups excluding carboxylic acids is 1. The molecule has 11 heteroatoms. The number of urea groups is 1. The van der Waals surface area contributed by atoms with Gasteiger partial charge in [-0.2, -0.15) is 0 Å². The summed E-state index contributed by atoms with van der Waals surface area (Å²) in [5.41, 5.74) is 0.666. The lowest BCUT2D eigenvalue weighted by molar-refractivity contribution is 0.255. The highest BCUT2D eigenvalue weighted by Gasteiger charge is 2.32. The number of carbonyl (C=O) groups is 1. The molecule has 31 heavy (non-hydrogen) atoms. The number of rotatable bonds is 5. The van der Waals surface area contributed by atoms with Crippen LogP contribution in [0, 0.1) is 0 Å². The summed E-state index contributed by atoms with van der Waals surface area (Å²) in [6.45, 7) is 5.10. The van der Waals surface area contributed by atoms with Crippen LogP contribution in [-0.2, 0) is 0 Å². The number of aromatic nitrogens is 8. The summed E-state index contributed by atoms with van der Waals surface area (Å²) < 4.78 is 3.71. The Bertz CT molecular complexity index is 1220. The van der Waals surface area contributed by atoms with Gasteiger partial charge in [-0.15, -0.1) is 10.2 Å². The molecule has 0 spiro atoms. The van der Waals surface area contributed by atoms with Gasteiger partial charge in [0.15, 0.2) is 5.82 Å². The fourth-order valence-electron chi connectivity index (χ4n) is 3.48. The molecule has 1 aliphatic rings. The van der Waals surface area contributed by atoms with E-state index >= 15 is 0 Å². The maximum absolute atomic E-state index is 13.2. The van der Waals surface area contributed by atoms with Crippen molar-refractivity contribution in [3.63, 3.8) is 0 Å². The maximum atomic E-state index is 13.2. The van der Waals surface area contributed by atoms with Gasteiger partial charge in [0.1, 0.15) is 42.1 Å². The van der Waals surface area contributed by atoms with Gasteiger partial charge in [-0.25, -0.2) is 24.7 Å². The van der Waals surface area contributed by atoms with E-state index in [-0.39, 0.29) is 12.1 Å². The van der Waals surface area contributed by atoms with Gasteiger partial charge in [0, 0.05) is 37.6 Å². The van der Waals surface area contributed by atoms with E-state index in [0.717, 1.165) is 0 Å². The molecule has 0 saturated carbocycles. The minimum atomic E-state index is -0.190. The zero-order chi connectivity index (χ0) is 21.4. The van der Waals surface area contributed by atoms with Crippen LogP contribution in [0.3, 0.4) is 0 Å². The minimum Gasteiger partial charge on any atom is -0.310 e. The van der Waals surface area contributed by atoms with Crippen LogP contribution < -0.4 is 9.80 Å². The predicted molar refractivity (Wildman–Crippen MR) is 113 cm³/mol. The number of hydrogen-bond donors (Lipinski definition) is 0. The van der Waals surface area contributed by atoms with E-state index in [2.05, 4.69) is 44.0 Å². The third-order valence-corrected chi connectivity index (χ3v) is 5.06. The molecule has 0 aliphatic carbocycles. The first-order chi connectivity index (χ1) is 15.1. The Morgan fingerprint density at radius 2 is 1.81 bits per heavy atom. The van der Waals surface area contributed by atoms with E-state index in [1.165, 1.54) is 6.33 Å². The van der Waals surface area contributed by atoms with E-state index in [9.17, 15) is 4.79 Å². The number of pyridine rings is 1. The van der Waals surface area contributed by atoms with Gasteiger partial charge in [-0.1, -0.05) is 6.07 Å². The molecule has 0 atom stereocenters. The van der Waals surface area contributed by atoms with Crippen LogP contribution in [0.4, 0.5) is 16.4 Å². The van der Waals surface area contributed by atoms with Crippen molar-refractivity contribution in [2.45, 2.75) is 19.9 Å². The van der Waals surface area contributed by atoms with Gasteiger partial charge < -0.3 is 4.57 Å². The lowest BCUT2D eigenvalue weighted by Crippen LogP contribution is -2.32. The minimum absolute atomic E-state index is 0.190. The van der Waals surface area contributed by atoms with Crippen LogP contribution in [0.25, 0.3) is 17.3 Å². The van der Waals surface area contributed by atoms with Crippen LogP contribution in [0.5, 0.6) is 0 Å². The van der Waals surface area contributed by atoms with E-state index in [0.29, 0.717) is 42.1 Å². The number of anilines is 2. The molecule has 1 fully saturated rings. The van der Waals surface area contributed by atoms with E-state index < -0.39 is 0 Å². The third-order valence-electron chi connectivity index (χ3n) is 5.06. The lowest BCUT2D eigenvalue weighted by Gasteiger charge is -2.18. The maximum Gasteiger partial charge on any atom is 0.331 e. The lowest BCUT2D eigenvalue weighted by atomic mass is 10.3. The molecule has 0 radical (unpaired) electrons. The molecule has 4 aromatic rings. The summed E-state index contributed by atoms with van der Waals surface area (Å²) in [5.74, 6) is 2.40. The van der Waals surface area contributed by atoms with Gasteiger partial charge in [0.25, 0.3) is 0 Å². The third kappa shape index (κ3) is 3.39. The Morgan fingerprint density at radius 1 is 1.00 bits per heavy atom. The van der Waals surface area contributed by atoms with Gasteiger partial charge >= 0.3 is 6.03 Å². The Hall–Kier alpha value is -4.15. The zero-order valence-electron chi connectivity index (χ0n) is 17.1. The second-order valence-electron chi connectivity index (χ2n) is 7.33. The molecule has 5 rings (SSSR count). The number of imidazole rings is 1. The molecule has 2 amide bonds. The molecule has 1 saturated heterocycles. The largest absolute Gasteiger partial charge is 0.331 e. The molecular weight excluding hydrogens is 396 g/mol. The highest BCUT2D eigenvalue weighted by Crippen LogP contribution is 2.26. The smallest absolute Gasteiger partial charge is 0.310 e. The first-order valence-corrected chi connectivity index (χ1v) is 9.88. The molecule has 0 aromatic carbocycles. The van der Waals surface area contributed by atoms with Gasteiger partial charge in [-0.3, -0.25) is 14.4 Å². The first-order valence-electron chi connectivity index (χ1n) is 9.88. The molecule has 11 nitrogen and oxygen atoms in total. The highest BCUT2D eigenvalue weighted by atomic mass is 16.2. The highest BCUT2D eigenvalue weighted by molar-refractivity contribution is 6.05. The Morgan fingerprint density at radius 3 is 2.58 bits per heavy atom. The summed E-state index contributed by atoms with van der Waals surface area (Å²) in [7, 11) is 0. The van der Waals surface area contributed by atoms with Crippen LogP contribution in [0.15, 0.2) is 55.6 Å². The average molecular weight is 416 g/mol. The second-order valence-corrected chi connectivity index (χ2v) is 7.33. The zero-order valence-corrected chi connectivity index (χ0v) is 17.1. The van der Waals surface area contributed by atoms with Crippen molar-refractivity contribution < 1.29 is 4.79 Å². The first kappa shape index (κ1) is 18.9. The molecule has 156 valence electrons.